The lowest BCUT2D eigenvalue weighted by molar-refractivity contribution is -0.138. The number of hydrogen-bond acceptors (Lipinski definition) is 3. The summed E-state index contributed by atoms with van der Waals surface area (Å²) in [7, 11) is 0. The Morgan fingerprint density at radius 3 is 2.71 bits per heavy atom. The normalized spacial score (nSPS) is 17.3. The van der Waals surface area contributed by atoms with E-state index < -0.39 is 5.97 Å². The third-order valence-corrected chi connectivity index (χ3v) is 3.42. The van der Waals surface area contributed by atoms with Gasteiger partial charge in [0.05, 0.1) is 12.0 Å². The van der Waals surface area contributed by atoms with Crippen LogP contribution in [-0.2, 0) is 4.79 Å². The first kappa shape index (κ1) is 11.9. The van der Waals surface area contributed by atoms with Crippen molar-refractivity contribution in [2.45, 2.75) is 25.8 Å². The van der Waals surface area contributed by atoms with Crippen molar-refractivity contribution < 1.29 is 9.90 Å². The largest absolute Gasteiger partial charge is 0.481 e. The molecule has 1 aromatic rings. The van der Waals surface area contributed by atoms with Crippen LogP contribution >= 0.6 is 0 Å². The molecule has 17 heavy (non-hydrogen) atoms. The third kappa shape index (κ3) is 2.42. The van der Waals surface area contributed by atoms with Gasteiger partial charge in [-0.25, -0.2) is 0 Å². The molecule has 1 aromatic carbocycles. The molecule has 4 heteroatoms. The van der Waals surface area contributed by atoms with Crippen molar-refractivity contribution in [3.05, 3.63) is 29.3 Å². The highest BCUT2D eigenvalue weighted by atomic mass is 16.4. The molecule has 0 radical (unpaired) electrons. The summed E-state index contributed by atoms with van der Waals surface area (Å²) < 4.78 is 0. The standard InChI is InChI=1S/C13H18N2O2/c1-9-4-3-5-11(10(9)2)15-13(6-12(16)17)7-14-8-13/h3-5,14-15H,6-8H2,1-2H3,(H,16,17). The molecular formula is C13H18N2O2. The molecule has 1 aliphatic rings. The molecule has 1 aliphatic heterocycles. The molecular weight excluding hydrogens is 216 g/mol. The number of benzene rings is 1. The van der Waals surface area contributed by atoms with Gasteiger partial charge in [0.25, 0.3) is 0 Å². The number of rotatable bonds is 4. The topological polar surface area (TPSA) is 61.4 Å². The number of aryl methyl sites for hydroxylation is 1. The second kappa shape index (κ2) is 4.37. The average molecular weight is 234 g/mol. The Kier molecular flexibility index (Phi) is 3.07. The fraction of sp³-hybridized carbons (Fsp3) is 0.462. The monoisotopic (exact) mass is 234 g/mol. The summed E-state index contributed by atoms with van der Waals surface area (Å²) in [5.41, 5.74) is 3.11. The smallest absolute Gasteiger partial charge is 0.305 e. The maximum Gasteiger partial charge on any atom is 0.305 e. The van der Waals surface area contributed by atoms with Crippen LogP contribution < -0.4 is 10.6 Å². The van der Waals surface area contributed by atoms with Gasteiger partial charge >= 0.3 is 5.97 Å². The Bertz CT molecular complexity index is 439. The van der Waals surface area contributed by atoms with Gasteiger partial charge in [-0.05, 0) is 31.0 Å². The number of hydrogen-bond donors (Lipinski definition) is 3. The molecule has 92 valence electrons. The molecule has 1 saturated heterocycles. The first-order chi connectivity index (χ1) is 8.02. The lowest BCUT2D eigenvalue weighted by Gasteiger charge is -2.43. The SMILES string of the molecule is Cc1cccc(NC2(CC(=O)O)CNC2)c1C. The number of anilines is 1. The van der Waals surface area contributed by atoms with E-state index in [2.05, 4.69) is 30.5 Å². The Morgan fingerprint density at radius 2 is 2.18 bits per heavy atom. The van der Waals surface area contributed by atoms with Crippen molar-refractivity contribution in [1.82, 2.24) is 5.32 Å². The maximum absolute atomic E-state index is 10.9. The minimum absolute atomic E-state index is 0.146. The summed E-state index contributed by atoms with van der Waals surface area (Å²) in [5.74, 6) is -0.760. The Morgan fingerprint density at radius 1 is 1.47 bits per heavy atom. The van der Waals surface area contributed by atoms with E-state index in [-0.39, 0.29) is 12.0 Å². The van der Waals surface area contributed by atoms with Crippen molar-refractivity contribution in [1.29, 1.82) is 0 Å². The van der Waals surface area contributed by atoms with Crippen molar-refractivity contribution in [3.8, 4) is 0 Å². The van der Waals surface area contributed by atoms with E-state index in [0.717, 1.165) is 5.69 Å². The highest BCUT2D eigenvalue weighted by molar-refractivity contribution is 5.70. The van der Waals surface area contributed by atoms with Crippen molar-refractivity contribution in [2.75, 3.05) is 18.4 Å². The van der Waals surface area contributed by atoms with Crippen LogP contribution in [0.15, 0.2) is 18.2 Å². The van der Waals surface area contributed by atoms with Crippen LogP contribution in [0.4, 0.5) is 5.69 Å². The highest BCUT2D eigenvalue weighted by Gasteiger charge is 2.39. The predicted octanol–water partition coefficient (Wildman–Crippen LogP) is 1.53. The van der Waals surface area contributed by atoms with Crippen molar-refractivity contribution in [3.63, 3.8) is 0 Å². The van der Waals surface area contributed by atoms with Crippen LogP contribution in [0.25, 0.3) is 0 Å². The van der Waals surface area contributed by atoms with Crippen LogP contribution in [-0.4, -0.2) is 29.7 Å². The lowest BCUT2D eigenvalue weighted by Crippen LogP contribution is -2.65. The van der Waals surface area contributed by atoms with E-state index >= 15 is 0 Å². The Hall–Kier alpha value is -1.55. The van der Waals surface area contributed by atoms with Gasteiger partial charge in [-0.1, -0.05) is 12.1 Å². The van der Waals surface area contributed by atoms with Gasteiger partial charge in [0.1, 0.15) is 0 Å². The van der Waals surface area contributed by atoms with E-state index in [1.807, 2.05) is 12.1 Å². The first-order valence-electron chi connectivity index (χ1n) is 5.79. The average Bonchev–Trinajstić information content (AvgIpc) is 2.21. The van der Waals surface area contributed by atoms with Gasteiger partial charge in [0.15, 0.2) is 0 Å². The van der Waals surface area contributed by atoms with Crippen molar-refractivity contribution >= 4 is 11.7 Å². The summed E-state index contributed by atoms with van der Waals surface area (Å²) >= 11 is 0. The van der Waals surface area contributed by atoms with Gasteiger partial charge in [0, 0.05) is 18.8 Å². The summed E-state index contributed by atoms with van der Waals surface area (Å²) in [4.78, 5) is 10.9. The van der Waals surface area contributed by atoms with Gasteiger partial charge in [0.2, 0.25) is 0 Å². The molecule has 4 nitrogen and oxygen atoms in total. The van der Waals surface area contributed by atoms with Crippen LogP contribution in [0, 0.1) is 13.8 Å². The molecule has 0 aromatic heterocycles. The van der Waals surface area contributed by atoms with Crippen LogP contribution in [0.3, 0.4) is 0 Å². The molecule has 0 amide bonds. The molecule has 0 spiro atoms. The van der Waals surface area contributed by atoms with Crippen LogP contribution in [0.2, 0.25) is 0 Å². The molecule has 3 N–H and O–H groups in total. The first-order valence-corrected chi connectivity index (χ1v) is 5.79. The van der Waals surface area contributed by atoms with E-state index in [9.17, 15) is 4.79 Å². The zero-order chi connectivity index (χ0) is 12.5. The van der Waals surface area contributed by atoms with Crippen LogP contribution in [0.1, 0.15) is 17.5 Å². The maximum atomic E-state index is 10.9. The number of carbonyl (C=O) groups is 1. The van der Waals surface area contributed by atoms with E-state index in [4.69, 9.17) is 5.11 Å². The minimum Gasteiger partial charge on any atom is -0.481 e. The number of carboxylic acid groups (broad SMARTS) is 1. The molecule has 1 fully saturated rings. The number of aliphatic carboxylic acids is 1. The molecule has 1 heterocycles. The molecule has 2 rings (SSSR count). The van der Waals surface area contributed by atoms with Gasteiger partial charge in [-0.3, -0.25) is 4.79 Å². The zero-order valence-corrected chi connectivity index (χ0v) is 10.2. The molecule has 0 saturated carbocycles. The number of carboxylic acids is 1. The fourth-order valence-corrected chi connectivity index (χ4v) is 2.15. The van der Waals surface area contributed by atoms with Crippen LogP contribution in [0.5, 0.6) is 0 Å². The Labute approximate surface area is 101 Å². The summed E-state index contributed by atoms with van der Waals surface area (Å²) in [6.45, 7) is 5.51. The third-order valence-electron chi connectivity index (χ3n) is 3.42. The second-order valence-corrected chi connectivity index (χ2v) is 4.83. The summed E-state index contributed by atoms with van der Waals surface area (Å²) in [5, 5.41) is 15.5. The summed E-state index contributed by atoms with van der Waals surface area (Å²) in [6, 6.07) is 6.05. The van der Waals surface area contributed by atoms with Gasteiger partial charge < -0.3 is 15.7 Å². The van der Waals surface area contributed by atoms with E-state index in [1.54, 1.807) is 0 Å². The molecule has 0 atom stereocenters. The van der Waals surface area contributed by atoms with Gasteiger partial charge in [-0.15, -0.1) is 0 Å². The molecule has 0 aliphatic carbocycles. The minimum atomic E-state index is -0.760. The fourth-order valence-electron chi connectivity index (χ4n) is 2.15. The zero-order valence-electron chi connectivity index (χ0n) is 10.2. The Balaban J connectivity index is 2.18. The van der Waals surface area contributed by atoms with Gasteiger partial charge in [-0.2, -0.15) is 0 Å². The second-order valence-electron chi connectivity index (χ2n) is 4.83. The number of nitrogens with one attached hydrogen (secondary N) is 2. The lowest BCUT2D eigenvalue weighted by atomic mass is 9.87. The van der Waals surface area contributed by atoms with E-state index in [1.165, 1.54) is 11.1 Å². The quantitative estimate of drug-likeness (QED) is 0.739. The molecule has 0 unspecified atom stereocenters. The predicted molar refractivity (Wildman–Crippen MR) is 67.4 cm³/mol. The highest BCUT2D eigenvalue weighted by Crippen LogP contribution is 2.26. The molecule has 0 bridgehead atoms. The van der Waals surface area contributed by atoms with Crippen molar-refractivity contribution in [2.24, 2.45) is 0 Å². The van der Waals surface area contributed by atoms with E-state index in [0.29, 0.717) is 13.1 Å². The summed E-state index contributed by atoms with van der Waals surface area (Å²) in [6.07, 6.45) is 0.146.